The number of halogens is 1. The highest BCUT2D eigenvalue weighted by Crippen LogP contribution is 2.16. The van der Waals surface area contributed by atoms with E-state index >= 15 is 0 Å². The molecule has 0 aromatic carbocycles. The number of aromatic nitrogens is 2. The first-order valence-corrected chi connectivity index (χ1v) is 6.91. The Kier molecular flexibility index (Phi) is 3.87. The lowest BCUT2D eigenvalue weighted by Crippen LogP contribution is -2.28. The first kappa shape index (κ1) is 13.6. The normalized spacial score (nSPS) is 11.7. The highest BCUT2D eigenvalue weighted by molar-refractivity contribution is 7.89. The third-order valence-electron chi connectivity index (χ3n) is 2.53. The monoisotopic (exact) mass is 281 g/mol. The van der Waals surface area contributed by atoms with Gasteiger partial charge in [0.05, 0.1) is 0 Å². The summed E-state index contributed by atoms with van der Waals surface area (Å²) in [6, 6.07) is 5.80. The van der Waals surface area contributed by atoms with Crippen LogP contribution in [0.5, 0.6) is 0 Å². The largest absolute Gasteiger partial charge is 0.265 e. The fraction of sp³-hybridized carbons (Fsp3) is 0.167. The number of hydrogen-bond donors (Lipinski definition) is 0. The molecule has 0 N–H and O–H groups in total. The van der Waals surface area contributed by atoms with Crippen LogP contribution in [-0.4, -0.2) is 29.7 Å². The average Bonchev–Trinajstić information content (AvgIpc) is 2.40. The van der Waals surface area contributed by atoms with Crippen LogP contribution in [0.25, 0.3) is 0 Å². The molecule has 0 aliphatic heterocycles. The molecule has 0 atom stereocenters. The first-order chi connectivity index (χ1) is 9.01. The Morgan fingerprint density at radius 2 is 1.89 bits per heavy atom. The molecule has 5 nitrogen and oxygen atoms in total. The van der Waals surface area contributed by atoms with Gasteiger partial charge in [0.2, 0.25) is 5.03 Å². The van der Waals surface area contributed by atoms with Gasteiger partial charge in [-0.15, -0.1) is 0 Å². The first-order valence-electron chi connectivity index (χ1n) is 5.47. The van der Waals surface area contributed by atoms with E-state index in [9.17, 15) is 12.8 Å². The summed E-state index contributed by atoms with van der Waals surface area (Å²) in [6.45, 7) is 0.126. The van der Waals surface area contributed by atoms with Crippen molar-refractivity contribution in [3.05, 3.63) is 54.2 Å². The van der Waals surface area contributed by atoms with Crippen molar-refractivity contribution in [1.82, 2.24) is 14.3 Å². The summed E-state index contributed by atoms with van der Waals surface area (Å²) < 4.78 is 38.9. The smallest absolute Gasteiger partial charge is 0.263 e. The van der Waals surface area contributed by atoms with Crippen molar-refractivity contribution in [3.63, 3.8) is 0 Å². The number of nitrogens with zero attached hydrogens (tertiary/aromatic N) is 3. The fourth-order valence-corrected chi connectivity index (χ4v) is 2.66. The standard InChI is InChI=1S/C12H12FN3O2S/c1-16(9-10-4-7-14-8-5-10)19(17,18)12-11(13)3-2-6-15-12/h2-8H,9H2,1H3. The molecule has 100 valence electrons. The predicted octanol–water partition coefficient (Wildman–Crippen LogP) is 1.44. The molecule has 0 unspecified atom stereocenters. The summed E-state index contributed by atoms with van der Waals surface area (Å²) in [5.41, 5.74) is 0.761. The summed E-state index contributed by atoms with van der Waals surface area (Å²) in [5.74, 6) is -0.857. The van der Waals surface area contributed by atoms with Gasteiger partial charge in [-0.1, -0.05) is 0 Å². The van der Waals surface area contributed by atoms with Gasteiger partial charge in [-0.05, 0) is 29.8 Å². The van der Waals surface area contributed by atoms with E-state index in [1.807, 2.05) is 0 Å². The number of pyridine rings is 2. The molecule has 0 saturated heterocycles. The Morgan fingerprint density at radius 1 is 1.21 bits per heavy atom. The lowest BCUT2D eigenvalue weighted by molar-refractivity contribution is 0.454. The number of sulfonamides is 1. The molecule has 0 spiro atoms. The minimum Gasteiger partial charge on any atom is -0.265 e. The van der Waals surface area contributed by atoms with Crippen LogP contribution in [0.2, 0.25) is 0 Å². The Hall–Kier alpha value is -1.86. The van der Waals surface area contributed by atoms with Gasteiger partial charge in [-0.3, -0.25) is 4.98 Å². The van der Waals surface area contributed by atoms with Crippen LogP contribution < -0.4 is 0 Å². The summed E-state index contributed by atoms with van der Waals surface area (Å²) in [6.07, 6.45) is 4.38. The summed E-state index contributed by atoms with van der Waals surface area (Å²) in [4.78, 5) is 7.44. The molecule has 2 rings (SSSR count). The zero-order valence-corrected chi connectivity index (χ0v) is 11.0. The molecule has 0 aliphatic carbocycles. The van der Waals surface area contributed by atoms with Gasteiger partial charge in [-0.2, -0.15) is 4.31 Å². The molecular formula is C12H12FN3O2S. The van der Waals surface area contributed by atoms with Crippen LogP contribution >= 0.6 is 0 Å². The van der Waals surface area contributed by atoms with Crippen molar-refractivity contribution in [3.8, 4) is 0 Å². The van der Waals surface area contributed by atoms with E-state index in [1.54, 1.807) is 24.5 Å². The third kappa shape index (κ3) is 2.94. The van der Waals surface area contributed by atoms with Gasteiger partial charge in [0.25, 0.3) is 10.0 Å². The SMILES string of the molecule is CN(Cc1ccncc1)S(=O)(=O)c1ncccc1F. The van der Waals surface area contributed by atoms with E-state index in [2.05, 4.69) is 9.97 Å². The van der Waals surface area contributed by atoms with Crippen molar-refractivity contribution >= 4 is 10.0 Å². The van der Waals surface area contributed by atoms with Crippen LogP contribution in [0.15, 0.2) is 47.9 Å². The molecule has 0 amide bonds. The second-order valence-electron chi connectivity index (χ2n) is 3.91. The number of rotatable bonds is 4. The lowest BCUT2D eigenvalue weighted by Gasteiger charge is -2.16. The van der Waals surface area contributed by atoms with E-state index in [0.717, 1.165) is 15.9 Å². The van der Waals surface area contributed by atoms with E-state index in [0.29, 0.717) is 0 Å². The topological polar surface area (TPSA) is 63.2 Å². The fourth-order valence-electron chi connectivity index (χ4n) is 1.54. The van der Waals surface area contributed by atoms with Gasteiger partial charge in [0, 0.05) is 32.2 Å². The average molecular weight is 281 g/mol. The van der Waals surface area contributed by atoms with Crippen LogP contribution in [0.1, 0.15) is 5.56 Å². The molecule has 7 heteroatoms. The second-order valence-corrected chi connectivity index (χ2v) is 5.87. The minimum absolute atomic E-state index is 0.126. The zero-order chi connectivity index (χ0) is 13.9. The van der Waals surface area contributed by atoms with Gasteiger partial charge in [-0.25, -0.2) is 17.8 Å². The molecule has 0 fully saturated rings. The van der Waals surface area contributed by atoms with Crippen LogP contribution in [0, 0.1) is 5.82 Å². The van der Waals surface area contributed by atoms with Crippen molar-refractivity contribution in [2.75, 3.05) is 7.05 Å². The van der Waals surface area contributed by atoms with Gasteiger partial charge < -0.3 is 0 Å². The third-order valence-corrected chi connectivity index (χ3v) is 4.27. The molecule has 0 saturated carbocycles. The second kappa shape index (κ2) is 5.41. The Labute approximate surface area is 110 Å². The molecule has 2 aromatic rings. The van der Waals surface area contributed by atoms with Gasteiger partial charge in [0.15, 0.2) is 5.82 Å². The van der Waals surface area contributed by atoms with Crippen LogP contribution in [0.4, 0.5) is 4.39 Å². The van der Waals surface area contributed by atoms with E-state index < -0.39 is 20.9 Å². The van der Waals surface area contributed by atoms with Crippen molar-refractivity contribution in [1.29, 1.82) is 0 Å². The van der Waals surface area contributed by atoms with E-state index in [1.165, 1.54) is 19.3 Å². The summed E-state index contributed by atoms with van der Waals surface area (Å²) in [7, 11) is -2.56. The highest BCUT2D eigenvalue weighted by atomic mass is 32.2. The van der Waals surface area contributed by atoms with Crippen molar-refractivity contribution in [2.24, 2.45) is 0 Å². The zero-order valence-electron chi connectivity index (χ0n) is 10.2. The Bertz CT molecular complexity index is 662. The van der Waals surface area contributed by atoms with E-state index in [-0.39, 0.29) is 6.54 Å². The number of hydrogen-bond acceptors (Lipinski definition) is 4. The summed E-state index contributed by atoms with van der Waals surface area (Å²) >= 11 is 0. The molecule has 19 heavy (non-hydrogen) atoms. The molecular weight excluding hydrogens is 269 g/mol. The quantitative estimate of drug-likeness (QED) is 0.850. The molecule has 0 radical (unpaired) electrons. The van der Waals surface area contributed by atoms with Crippen LogP contribution in [-0.2, 0) is 16.6 Å². The summed E-state index contributed by atoms with van der Waals surface area (Å²) in [5, 5.41) is -0.563. The van der Waals surface area contributed by atoms with E-state index in [4.69, 9.17) is 0 Å². The molecule has 2 aromatic heterocycles. The Balaban J connectivity index is 2.28. The minimum atomic E-state index is -3.94. The van der Waals surface area contributed by atoms with Gasteiger partial charge >= 0.3 is 0 Å². The van der Waals surface area contributed by atoms with Crippen molar-refractivity contribution in [2.45, 2.75) is 11.6 Å². The predicted molar refractivity (Wildman–Crippen MR) is 67.1 cm³/mol. The maximum atomic E-state index is 13.5. The molecule has 2 heterocycles. The van der Waals surface area contributed by atoms with Crippen molar-refractivity contribution < 1.29 is 12.8 Å². The Morgan fingerprint density at radius 3 is 2.53 bits per heavy atom. The molecule has 0 aliphatic rings. The van der Waals surface area contributed by atoms with Crippen LogP contribution in [0.3, 0.4) is 0 Å². The maximum Gasteiger partial charge on any atom is 0.263 e. The molecule has 0 bridgehead atoms. The highest BCUT2D eigenvalue weighted by Gasteiger charge is 2.25. The van der Waals surface area contributed by atoms with Gasteiger partial charge in [0.1, 0.15) is 0 Å². The maximum absolute atomic E-state index is 13.5. The lowest BCUT2D eigenvalue weighted by atomic mass is 10.3.